The molecule has 1 rings (SSSR count). The molecule has 0 bridgehead atoms. The van der Waals surface area contributed by atoms with Gasteiger partial charge in [-0.25, -0.2) is 0 Å². The normalized spacial score (nSPS) is 14.4. The Bertz CT molecular complexity index is 368. The Morgan fingerprint density at radius 2 is 2.38 bits per heavy atom. The standard InChI is InChI=1S/C10H15N3O2S/c1-4-10(2,14-3)9-12-8(15-13-9)7-16-6-5-11/h4,6-7H2,1-3H3. The summed E-state index contributed by atoms with van der Waals surface area (Å²) in [5, 5.41) is 12.3. The minimum Gasteiger partial charge on any atom is -0.370 e. The summed E-state index contributed by atoms with van der Waals surface area (Å²) in [6.07, 6.45) is 0.772. The van der Waals surface area contributed by atoms with Crippen molar-refractivity contribution in [1.29, 1.82) is 5.26 Å². The summed E-state index contributed by atoms with van der Waals surface area (Å²) < 4.78 is 10.5. The molecule has 88 valence electrons. The third-order valence-electron chi connectivity index (χ3n) is 2.46. The van der Waals surface area contributed by atoms with Crippen LogP contribution >= 0.6 is 11.8 Å². The van der Waals surface area contributed by atoms with Gasteiger partial charge in [-0.15, -0.1) is 11.8 Å². The first-order valence-electron chi connectivity index (χ1n) is 4.99. The molecule has 1 heterocycles. The molecule has 0 spiro atoms. The highest BCUT2D eigenvalue weighted by Crippen LogP contribution is 2.25. The fraction of sp³-hybridized carbons (Fsp3) is 0.700. The third kappa shape index (κ3) is 2.97. The second kappa shape index (κ2) is 5.87. The molecule has 1 aromatic rings. The first kappa shape index (κ1) is 13.0. The lowest BCUT2D eigenvalue weighted by atomic mass is 10.0. The van der Waals surface area contributed by atoms with Gasteiger partial charge in [-0.3, -0.25) is 0 Å². The summed E-state index contributed by atoms with van der Waals surface area (Å²) >= 11 is 1.45. The third-order valence-corrected chi connectivity index (χ3v) is 3.24. The molecule has 5 nitrogen and oxygen atoms in total. The van der Waals surface area contributed by atoms with Crippen molar-refractivity contribution >= 4 is 11.8 Å². The van der Waals surface area contributed by atoms with Crippen LogP contribution in [-0.2, 0) is 16.1 Å². The lowest BCUT2D eigenvalue weighted by Gasteiger charge is -2.21. The molecule has 1 aromatic heterocycles. The summed E-state index contributed by atoms with van der Waals surface area (Å²) in [5.41, 5.74) is -0.498. The van der Waals surface area contributed by atoms with E-state index >= 15 is 0 Å². The van der Waals surface area contributed by atoms with E-state index in [-0.39, 0.29) is 0 Å². The van der Waals surface area contributed by atoms with E-state index in [0.717, 1.165) is 6.42 Å². The van der Waals surface area contributed by atoms with Crippen LogP contribution < -0.4 is 0 Å². The second-order valence-electron chi connectivity index (χ2n) is 3.45. The maximum atomic E-state index is 8.40. The molecule has 0 aliphatic heterocycles. The van der Waals surface area contributed by atoms with E-state index in [4.69, 9.17) is 14.5 Å². The Balaban J connectivity index is 2.67. The quantitative estimate of drug-likeness (QED) is 0.710. The lowest BCUT2D eigenvalue weighted by molar-refractivity contribution is -0.0106. The molecule has 0 fully saturated rings. The van der Waals surface area contributed by atoms with E-state index in [1.807, 2.05) is 19.9 Å². The Kier molecular flexibility index (Phi) is 4.77. The Hall–Kier alpha value is -1.06. The van der Waals surface area contributed by atoms with Crippen LogP contribution in [0.3, 0.4) is 0 Å². The molecule has 0 N–H and O–H groups in total. The van der Waals surface area contributed by atoms with Crippen LogP contribution in [0.4, 0.5) is 0 Å². The fourth-order valence-corrected chi connectivity index (χ4v) is 1.59. The van der Waals surface area contributed by atoms with Gasteiger partial charge in [0.1, 0.15) is 5.60 Å². The van der Waals surface area contributed by atoms with Crippen molar-refractivity contribution in [3.05, 3.63) is 11.7 Å². The zero-order chi connectivity index (χ0) is 12.0. The molecule has 16 heavy (non-hydrogen) atoms. The summed E-state index contributed by atoms with van der Waals surface area (Å²) in [5.74, 6) is 2.08. The van der Waals surface area contributed by atoms with E-state index in [9.17, 15) is 0 Å². The smallest absolute Gasteiger partial charge is 0.236 e. The first-order valence-corrected chi connectivity index (χ1v) is 6.14. The first-order chi connectivity index (χ1) is 7.66. The monoisotopic (exact) mass is 241 g/mol. The van der Waals surface area contributed by atoms with Crippen LogP contribution in [0.15, 0.2) is 4.52 Å². The summed E-state index contributed by atoms with van der Waals surface area (Å²) in [4.78, 5) is 4.26. The molecule has 0 aliphatic carbocycles. The molecule has 0 saturated carbocycles. The Morgan fingerprint density at radius 3 is 2.94 bits per heavy atom. The largest absolute Gasteiger partial charge is 0.370 e. The van der Waals surface area contributed by atoms with Gasteiger partial charge in [0, 0.05) is 7.11 Å². The number of aromatic nitrogens is 2. The van der Waals surface area contributed by atoms with Gasteiger partial charge in [0.15, 0.2) is 0 Å². The van der Waals surface area contributed by atoms with Gasteiger partial charge in [0.25, 0.3) is 0 Å². The van der Waals surface area contributed by atoms with Crippen LogP contribution in [0.25, 0.3) is 0 Å². The predicted octanol–water partition coefficient (Wildman–Crippen LogP) is 2.10. The molecule has 0 aromatic carbocycles. The van der Waals surface area contributed by atoms with E-state index in [1.165, 1.54) is 11.8 Å². The molecule has 0 amide bonds. The van der Waals surface area contributed by atoms with Crippen LogP contribution in [0.2, 0.25) is 0 Å². The van der Waals surface area contributed by atoms with Crippen LogP contribution in [0, 0.1) is 11.3 Å². The lowest BCUT2D eigenvalue weighted by Crippen LogP contribution is -2.24. The van der Waals surface area contributed by atoms with Crippen molar-refractivity contribution in [3.8, 4) is 6.07 Å². The van der Waals surface area contributed by atoms with Gasteiger partial charge >= 0.3 is 0 Å². The zero-order valence-corrected chi connectivity index (χ0v) is 10.5. The van der Waals surface area contributed by atoms with E-state index in [2.05, 4.69) is 10.1 Å². The number of ether oxygens (including phenoxy) is 1. The average Bonchev–Trinajstić information content (AvgIpc) is 2.78. The molecule has 0 radical (unpaired) electrons. The number of nitrogens with zero attached hydrogens (tertiary/aromatic N) is 3. The number of hydrogen-bond acceptors (Lipinski definition) is 6. The van der Waals surface area contributed by atoms with Crippen molar-refractivity contribution < 1.29 is 9.26 Å². The molecular formula is C10H15N3O2S. The summed E-state index contributed by atoms with van der Waals surface area (Å²) in [6, 6.07) is 2.05. The SMILES string of the molecule is CCC(C)(OC)c1noc(CSCC#N)n1. The molecular weight excluding hydrogens is 226 g/mol. The Morgan fingerprint density at radius 1 is 1.62 bits per heavy atom. The van der Waals surface area contributed by atoms with Crippen molar-refractivity contribution in [1.82, 2.24) is 10.1 Å². The maximum Gasteiger partial charge on any atom is 0.236 e. The number of thioether (sulfide) groups is 1. The minimum atomic E-state index is -0.498. The van der Waals surface area contributed by atoms with Gasteiger partial charge in [0.05, 0.1) is 17.6 Å². The number of rotatable bonds is 6. The van der Waals surface area contributed by atoms with E-state index < -0.39 is 5.60 Å². The van der Waals surface area contributed by atoms with Crippen molar-refractivity contribution in [2.75, 3.05) is 12.9 Å². The predicted molar refractivity (Wildman–Crippen MR) is 60.7 cm³/mol. The van der Waals surface area contributed by atoms with Gasteiger partial charge in [-0.2, -0.15) is 10.2 Å². The highest BCUT2D eigenvalue weighted by Gasteiger charge is 2.29. The second-order valence-corrected chi connectivity index (χ2v) is 4.44. The molecule has 0 saturated heterocycles. The molecule has 0 aliphatic rings. The highest BCUT2D eigenvalue weighted by molar-refractivity contribution is 7.98. The van der Waals surface area contributed by atoms with Crippen LogP contribution in [-0.4, -0.2) is 23.0 Å². The molecule has 1 atom stereocenters. The van der Waals surface area contributed by atoms with Gasteiger partial charge in [-0.05, 0) is 13.3 Å². The zero-order valence-electron chi connectivity index (χ0n) is 9.69. The van der Waals surface area contributed by atoms with Crippen LogP contribution in [0.5, 0.6) is 0 Å². The van der Waals surface area contributed by atoms with E-state index in [0.29, 0.717) is 23.2 Å². The topological polar surface area (TPSA) is 71.9 Å². The van der Waals surface area contributed by atoms with Gasteiger partial charge in [0.2, 0.25) is 11.7 Å². The number of nitriles is 1. The highest BCUT2D eigenvalue weighted by atomic mass is 32.2. The number of hydrogen-bond donors (Lipinski definition) is 0. The fourth-order valence-electron chi connectivity index (χ4n) is 1.11. The van der Waals surface area contributed by atoms with E-state index in [1.54, 1.807) is 7.11 Å². The Labute approximate surface area is 99.2 Å². The maximum absolute atomic E-state index is 8.40. The van der Waals surface area contributed by atoms with Crippen LogP contribution in [0.1, 0.15) is 32.0 Å². The average molecular weight is 241 g/mol. The van der Waals surface area contributed by atoms with Crippen molar-refractivity contribution in [3.63, 3.8) is 0 Å². The minimum absolute atomic E-state index is 0.424. The summed E-state index contributed by atoms with van der Waals surface area (Å²) in [6.45, 7) is 3.92. The van der Waals surface area contributed by atoms with Gasteiger partial charge in [-0.1, -0.05) is 12.1 Å². The number of methoxy groups -OCH3 is 1. The van der Waals surface area contributed by atoms with Crippen molar-refractivity contribution in [2.45, 2.75) is 31.6 Å². The summed E-state index contributed by atoms with van der Waals surface area (Å²) in [7, 11) is 1.63. The molecule has 1 unspecified atom stereocenters. The van der Waals surface area contributed by atoms with Crippen molar-refractivity contribution in [2.24, 2.45) is 0 Å². The molecule has 6 heteroatoms. The van der Waals surface area contributed by atoms with Gasteiger partial charge < -0.3 is 9.26 Å².